The van der Waals surface area contributed by atoms with Gasteiger partial charge in [0.15, 0.2) is 5.54 Å². The first-order valence-corrected chi connectivity index (χ1v) is 7.79. The molecule has 8 heteroatoms. The molecule has 2 N–H and O–H groups in total. The molecule has 0 aromatic rings. The van der Waals surface area contributed by atoms with Crippen LogP contribution < -0.4 is 10.6 Å². The van der Waals surface area contributed by atoms with Crippen molar-refractivity contribution in [2.45, 2.75) is 38.3 Å². The third kappa shape index (κ3) is 1.19. The molecule has 3 heterocycles. The van der Waals surface area contributed by atoms with Crippen LogP contribution in [-0.4, -0.2) is 54.0 Å². The Labute approximate surface area is 132 Å². The van der Waals surface area contributed by atoms with Crippen molar-refractivity contribution in [3.63, 3.8) is 0 Å². The molecular weight excluding hydrogens is 302 g/mol. The maximum atomic E-state index is 12.8. The summed E-state index contributed by atoms with van der Waals surface area (Å²) in [6.45, 7) is 4.34. The fourth-order valence-electron chi connectivity index (χ4n) is 5.91. The number of rotatable bonds is 1. The van der Waals surface area contributed by atoms with E-state index >= 15 is 0 Å². The maximum Gasteiger partial charge on any atom is 0.328 e. The highest BCUT2D eigenvalue weighted by Gasteiger charge is 2.94. The molecule has 4 fully saturated rings. The number of carbonyl (C=O) groups excluding carboxylic acids is 4. The van der Waals surface area contributed by atoms with E-state index in [0.717, 1.165) is 12.8 Å². The molecule has 3 saturated heterocycles. The van der Waals surface area contributed by atoms with Crippen molar-refractivity contribution in [3.05, 3.63) is 0 Å². The zero-order valence-electron chi connectivity index (χ0n) is 13.3. The minimum absolute atomic E-state index is 0.0543. The van der Waals surface area contributed by atoms with E-state index in [4.69, 9.17) is 4.74 Å². The molecule has 124 valence electrons. The average molecular weight is 321 g/mol. The summed E-state index contributed by atoms with van der Waals surface area (Å²) in [5.41, 5.74) is -2.95. The van der Waals surface area contributed by atoms with Crippen LogP contribution in [0.3, 0.4) is 0 Å². The minimum Gasteiger partial charge on any atom is -0.469 e. The number of fused-ring (bicyclic) bond motifs is 5. The van der Waals surface area contributed by atoms with Gasteiger partial charge in [0.25, 0.3) is 11.8 Å². The molecule has 8 nitrogen and oxygen atoms in total. The lowest BCUT2D eigenvalue weighted by Gasteiger charge is -2.43. The lowest BCUT2D eigenvalue weighted by Crippen LogP contribution is -2.75. The van der Waals surface area contributed by atoms with Crippen LogP contribution in [0.25, 0.3) is 0 Å². The van der Waals surface area contributed by atoms with Crippen LogP contribution >= 0.6 is 0 Å². The normalized spacial score (nSPS) is 43.7. The third-order valence-corrected chi connectivity index (χ3v) is 6.89. The van der Waals surface area contributed by atoms with Crippen molar-refractivity contribution in [2.75, 3.05) is 13.7 Å². The van der Waals surface area contributed by atoms with Gasteiger partial charge in [-0.3, -0.25) is 29.9 Å². The Morgan fingerprint density at radius 1 is 1.22 bits per heavy atom. The highest BCUT2D eigenvalue weighted by atomic mass is 16.5. The number of ether oxygens (including phenoxy) is 1. The van der Waals surface area contributed by atoms with Gasteiger partial charge in [-0.25, -0.2) is 4.79 Å². The van der Waals surface area contributed by atoms with Crippen LogP contribution in [0.15, 0.2) is 0 Å². The summed E-state index contributed by atoms with van der Waals surface area (Å²) >= 11 is 0. The summed E-state index contributed by atoms with van der Waals surface area (Å²) in [7, 11) is 1.31. The van der Waals surface area contributed by atoms with Gasteiger partial charge in [-0.05, 0) is 12.8 Å². The topological polar surface area (TPSA) is 105 Å². The van der Waals surface area contributed by atoms with Gasteiger partial charge in [0, 0.05) is 23.4 Å². The van der Waals surface area contributed by atoms with Gasteiger partial charge in [-0.1, -0.05) is 13.8 Å². The lowest BCUT2D eigenvalue weighted by molar-refractivity contribution is -0.154. The smallest absolute Gasteiger partial charge is 0.328 e. The molecule has 0 aromatic carbocycles. The third-order valence-electron chi connectivity index (χ3n) is 6.89. The first kappa shape index (κ1) is 14.6. The summed E-state index contributed by atoms with van der Waals surface area (Å²) < 4.78 is 4.93. The summed E-state index contributed by atoms with van der Waals surface area (Å²) in [6, 6.07) is -0.866. The first-order valence-electron chi connectivity index (χ1n) is 7.79. The number of nitrogens with one attached hydrogen (secondary N) is 2. The van der Waals surface area contributed by atoms with E-state index in [-0.39, 0.29) is 6.04 Å². The van der Waals surface area contributed by atoms with Crippen LogP contribution in [0, 0.1) is 16.7 Å². The number of esters is 1. The largest absolute Gasteiger partial charge is 0.469 e. The number of hydrogen-bond acceptors (Lipinski definition) is 6. The van der Waals surface area contributed by atoms with Crippen LogP contribution in [0.1, 0.15) is 26.7 Å². The van der Waals surface area contributed by atoms with E-state index in [1.54, 1.807) is 6.92 Å². The predicted octanol–water partition coefficient (Wildman–Crippen LogP) is -0.615. The van der Waals surface area contributed by atoms with E-state index < -0.39 is 46.1 Å². The van der Waals surface area contributed by atoms with E-state index in [0.29, 0.717) is 6.54 Å². The molecule has 0 unspecified atom stereocenters. The number of methoxy groups -OCH3 is 1. The Kier molecular flexibility index (Phi) is 2.49. The first-order chi connectivity index (χ1) is 10.8. The number of piperidine rings is 1. The van der Waals surface area contributed by atoms with E-state index in [9.17, 15) is 19.2 Å². The number of barbiturate groups is 1. The average Bonchev–Trinajstić information content (AvgIpc) is 2.82. The molecule has 4 amide bonds. The Balaban J connectivity index is 1.92. The number of amides is 4. The zero-order chi connectivity index (χ0) is 16.8. The molecule has 1 saturated carbocycles. The van der Waals surface area contributed by atoms with Gasteiger partial charge in [0.1, 0.15) is 0 Å². The van der Waals surface area contributed by atoms with Crippen molar-refractivity contribution in [1.82, 2.24) is 15.5 Å². The van der Waals surface area contributed by atoms with Gasteiger partial charge >= 0.3 is 12.0 Å². The lowest BCUT2D eigenvalue weighted by atomic mass is 9.75. The predicted molar refractivity (Wildman–Crippen MR) is 75.9 cm³/mol. The molecule has 0 bridgehead atoms. The summed E-state index contributed by atoms with van der Waals surface area (Å²) in [6.07, 6.45) is 1.66. The Bertz CT molecular complexity index is 656. The van der Waals surface area contributed by atoms with E-state index in [1.807, 2.05) is 11.8 Å². The van der Waals surface area contributed by atoms with Gasteiger partial charge in [0.05, 0.1) is 13.0 Å². The second-order valence-electron chi connectivity index (χ2n) is 7.24. The molecule has 23 heavy (non-hydrogen) atoms. The van der Waals surface area contributed by atoms with Crippen LogP contribution in [0.5, 0.6) is 0 Å². The molecule has 1 aliphatic carbocycles. The number of urea groups is 1. The standard InChI is InChI=1S/C15H19N3O5/c1-13-7-5-4-6-18(7)15(10(20)16-12(22)17-11(15)21)14(13,2)8(13)9(19)23-3/h7-8H,4-6H2,1-3H3,(H2,16,17,20,21,22)/t7-,8-,13-,14+/m1/s1. The Morgan fingerprint density at radius 2 is 1.83 bits per heavy atom. The highest BCUT2D eigenvalue weighted by Crippen LogP contribution is 2.82. The minimum atomic E-state index is -1.53. The van der Waals surface area contributed by atoms with Gasteiger partial charge in [-0.2, -0.15) is 0 Å². The number of carbonyl (C=O) groups is 4. The zero-order valence-corrected chi connectivity index (χ0v) is 13.3. The van der Waals surface area contributed by atoms with Gasteiger partial charge < -0.3 is 4.74 Å². The van der Waals surface area contributed by atoms with Crippen LogP contribution in [-0.2, 0) is 19.1 Å². The summed E-state index contributed by atoms with van der Waals surface area (Å²) in [5, 5.41) is 4.46. The van der Waals surface area contributed by atoms with E-state index in [1.165, 1.54) is 7.11 Å². The molecule has 3 aliphatic heterocycles. The number of imide groups is 2. The Hall–Kier alpha value is -1.96. The fraction of sp³-hybridized carbons (Fsp3) is 0.733. The van der Waals surface area contributed by atoms with E-state index in [2.05, 4.69) is 10.6 Å². The molecule has 4 rings (SSSR count). The SMILES string of the molecule is COC(=O)[C@@H]1[C@@]2(C)[C@H]3CCCN3C3(C(=O)NC(=O)NC3=O)[C@@]12C. The molecule has 1 spiro atoms. The molecular formula is C15H19N3O5. The number of nitrogens with zero attached hydrogens (tertiary/aromatic N) is 1. The second kappa shape index (κ2) is 3.92. The second-order valence-corrected chi connectivity index (χ2v) is 7.24. The number of hydrogen-bond donors (Lipinski definition) is 2. The van der Waals surface area contributed by atoms with Gasteiger partial charge in [-0.15, -0.1) is 0 Å². The molecule has 4 aliphatic rings. The van der Waals surface area contributed by atoms with Crippen molar-refractivity contribution in [2.24, 2.45) is 16.7 Å². The quantitative estimate of drug-likeness (QED) is 0.493. The van der Waals surface area contributed by atoms with Crippen LogP contribution in [0.2, 0.25) is 0 Å². The summed E-state index contributed by atoms with van der Waals surface area (Å²) in [5.74, 6) is -2.20. The Morgan fingerprint density at radius 3 is 2.39 bits per heavy atom. The molecule has 4 atom stereocenters. The fourth-order valence-corrected chi connectivity index (χ4v) is 5.91. The monoisotopic (exact) mass is 321 g/mol. The van der Waals surface area contributed by atoms with Crippen molar-refractivity contribution < 1.29 is 23.9 Å². The summed E-state index contributed by atoms with van der Waals surface area (Å²) in [4.78, 5) is 51.4. The van der Waals surface area contributed by atoms with Crippen molar-refractivity contribution in [3.8, 4) is 0 Å². The van der Waals surface area contributed by atoms with Crippen LogP contribution in [0.4, 0.5) is 4.79 Å². The molecule has 0 aromatic heterocycles. The highest BCUT2D eigenvalue weighted by molar-refractivity contribution is 6.24. The van der Waals surface area contributed by atoms with Crippen molar-refractivity contribution in [1.29, 1.82) is 0 Å². The maximum absolute atomic E-state index is 12.8. The molecule has 0 radical (unpaired) electrons. The van der Waals surface area contributed by atoms with Gasteiger partial charge in [0.2, 0.25) is 0 Å². The van der Waals surface area contributed by atoms with Crippen molar-refractivity contribution >= 4 is 23.8 Å².